The predicted octanol–water partition coefficient (Wildman–Crippen LogP) is 3.29. The van der Waals surface area contributed by atoms with Crippen LogP contribution in [-0.4, -0.2) is 18.3 Å². The minimum absolute atomic E-state index is 0.332. The van der Waals surface area contributed by atoms with Crippen LogP contribution < -0.4 is 5.46 Å². The van der Waals surface area contributed by atoms with E-state index in [1.807, 2.05) is 18.2 Å². The Labute approximate surface area is 120 Å². The van der Waals surface area contributed by atoms with Crippen molar-refractivity contribution >= 4 is 23.6 Å². The van der Waals surface area contributed by atoms with Gasteiger partial charge in [0, 0.05) is 17.3 Å². The molecule has 1 aliphatic heterocycles. The molecule has 0 bridgehead atoms. The van der Waals surface area contributed by atoms with Gasteiger partial charge < -0.3 is 13.7 Å². The fourth-order valence-corrected chi connectivity index (χ4v) is 2.60. The van der Waals surface area contributed by atoms with E-state index in [0.717, 1.165) is 28.6 Å². The lowest BCUT2D eigenvalue weighted by Gasteiger charge is -2.32. The molecule has 0 saturated carbocycles. The number of rotatable bonds is 2. The Hall–Kier alpha value is -1.26. The molecule has 1 aliphatic rings. The first-order valence-electron chi connectivity index (χ1n) is 7.21. The lowest BCUT2D eigenvalue weighted by atomic mass is 9.76. The van der Waals surface area contributed by atoms with Crippen LogP contribution in [-0.2, 0) is 15.7 Å². The van der Waals surface area contributed by atoms with Crippen molar-refractivity contribution in [1.29, 1.82) is 0 Å². The van der Waals surface area contributed by atoms with Crippen LogP contribution in [0.4, 0.5) is 0 Å². The summed E-state index contributed by atoms with van der Waals surface area (Å²) in [4.78, 5) is 0. The van der Waals surface area contributed by atoms with Gasteiger partial charge in [-0.15, -0.1) is 0 Å². The summed E-state index contributed by atoms with van der Waals surface area (Å²) >= 11 is 0. The molecule has 0 amide bonds. The number of benzene rings is 1. The standard InChI is InChI=1S/C16H21BO3/c1-6-12-14(11-9-7-8-10-13(11)18-12)17-19-15(2,3)16(4,5)20-17/h7-10H,6H2,1-5H3. The number of para-hydroxylation sites is 1. The van der Waals surface area contributed by atoms with Crippen molar-refractivity contribution in [2.75, 3.05) is 0 Å². The molecule has 3 rings (SSSR count). The minimum Gasteiger partial charge on any atom is -0.461 e. The predicted molar refractivity (Wildman–Crippen MR) is 81.3 cm³/mol. The molecule has 4 heteroatoms. The zero-order chi connectivity index (χ0) is 14.5. The molecule has 20 heavy (non-hydrogen) atoms. The number of hydrogen-bond acceptors (Lipinski definition) is 3. The second-order valence-electron chi connectivity index (χ2n) is 6.38. The summed E-state index contributed by atoms with van der Waals surface area (Å²) in [7, 11) is -0.362. The van der Waals surface area contributed by atoms with Crippen LogP contribution in [0.5, 0.6) is 0 Å². The Morgan fingerprint density at radius 2 is 1.60 bits per heavy atom. The number of furan rings is 1. The van der Waals surface area contributed by atoms with Crippen LogP contribution in [0.2, 0.25) is 0 Å². The molecular formula is C16H21BO3. The molecule has 2 heterocycles. The van der Waals surface area contributed by atoms with Crippen molar-refractivity contribution in [3.05, 3.63) is 30.0 Å². The second-order valence-corrected chi connectivity index (χ2v) is 6.38. The van der Waals surface area contributed by atoms with Crippen LogP contribution in [0.3, 0.4) is 0 Å². The molecule has 1 fully saturated rings. The van der Waals surface area contributed by atoms with E-state index in [4.69, 9.17) is 13.7 Å². The van der Waals surface area contributed by atoms with Crippen molar-refractivity contribution in [3.8, 4) is 0 Å². The Morgan fingerprint density at radius 3 is 2.20 bits per heavy atom. The maximum atomic E-state index is 6.18. The van der Waals surface area contributed by atoms with E-state index in [9.17, 15) is 0 Å². The number of aryl methyl sites for hydroxylation is 1. The molecule has 3 nitrogen and oxygen atoms in total. The van der Waals surface area contributed by atoms with E-state index < -0.39 is 0 Å². The molecule has 0 radical (unpaired) electrons. The maximum absolute atomic E-state index is 6.18. The van der Waals surface area contributed by atoms with Gasteiger partial charge in [-0.1, -0.05) is 25.1 Å². The Bertz CT molecular complexity index is 626. The van der Waals surface area contributed by atoms with Crippen LogP contribution in [0.15, 0.2) is 28.7 Å². The minimum atomic E-state index is -0.362. The molecule has 0 spiro atoms. The Kier molecular flexibility index (Phi) is 3.00. The van der Waals surface area contributed by atoms with Gasteiger partial charge in [-0.05, 0) is 33.8 Å². The SMILES string of the molecule is CCc1oc2ccccc2c1B1OC(C)(C)C(C)(C)O1. The van der Waals surface area contributed by atoms with Crippen LogP contribution in [0, 0.1) is 0 Å². The molecule has 2 aromatic rings. The first kappa shape index (κ1) is 13.7. The zero-order valence-electron chi connectivity index (χ0n) is 12.8. The summed E-state index contributed by atoms with van der Waals surface area (Å²) in [6.07, 6.45) is 0.827. The number of hydrogen-bond donors (Lipinski definition) is 0. The van der Waals surface area contributed by atoms with Crippen molar-refractivity contribution < 1.29 is 13.7 Å². The highest BCUT2D eigenvalue weighted by molar-refractivity contribution is 6.65. The molecule has 0 atom stereocenters. The summed E-state index contributed by atoms with van der Waals surface area (Å²) < 4.78 is 18.3. The van der Waals surface area contributed by atoms with Crippen LogP contribution in [0.1, 0.15) is 40.4 Å². The van der Waals surface area contributed by atoms with Gasteiger partial charge in [-0.3, -0.25) is 0 Å². The fraction of sp³-hybridized carbons (Fsp3) is 0.500. The highest BCUT2D eigenvalue weighted by Crippen LogP contribution is 2.37. The third-order valence-electron chi connectivity index (χ3n) is 4.52. The molecular weight excluding hydrogens is 251 g/mol. The molecule has 1 aromatic carbocycles. The summed E-state index contributed by atoms with van der Waals surface area (Å²) in [5, 5.41) is 1.09. The van der Waals surface area contributed by atoms with Crippen molar-refractivity contribution in [3.63, 3.8) is 0 Å². The highest BCUT2D eigenvalue weighted by Gasteiger charge is 2.53. The lowest BCUT2D eigenvalue weighted by molar-refractivity contribution is 0.00578. The third kappa shape index (κ3) is 1.90. The van der Waals surface area contributed by atoms with Gasteiger partial charge in [0.2, 0.25) is 0 Å². The smallest absolute Gasteiger partial charge is 0.461 e. The van der Waals surface area contributed by atoms with Gasteiger partial charge in [0.15, 0.2) is 0 Å². The van der Waals surface area contributed by atoms with Gasteiger partial charge in [0.05, 0.1) is 11.2 Å². The van der Waals surface area contributed by atoms with Gasteiger partial charge in [0.25, 0.3) is 0 Å². The molecule has 0 aliphatic carbocycles. The first-order valence-corrected chi connectivity index (χ1v) is 7.21. The van der Waals surface area contributed by atoms with E-state index in [-0.39, 0.29) is 18.3 Å². The van der Waals surface area contributed by atoms with E-state index in [1.165, 1.54) is 0 Å². The topological polar surface area (TPSA) is 31.6 Å². The van der Waals surface area contributed by atoms with Crippen molar-refractivity contribution in [2.45, 2.75) is 52.2 Å². The van der Waals surface area contributed by atoms with Crippen LogP contribution in [0.25, 0.3) is 11.0 Å². The largest absolute Gasteiger partial charge is 0.499 e. The fourth-order valence-electron chi connectivity index (χ4n) is 2.60. The lowest BCUT2D eigenvalue weighted by Crippen LogP contribution is -2.41. The summed E-state index contributed by atoms with van der Waals surface area (Å²) in [5.41, 5.74) is 1.28. The molecule has 106 valence electrons. The van der Waals surface area contributed by atoms with Gasteiger partial charge in [-0.25, -0.2) is 0 Å². The molecule has 1 aromatic heterocycles. The van der Waals surface area contributed by atoms with Crippen molar-refractivity contribution in [1.82, 2.24) is 0 Å². The van der Waals surface area contributed by atoms with Crippen LogP contribution >= 0.6 is 0 Å². The summed E-state index contributed by atoms with van der Waals surface area (Å²) in [5.74, 6) is 0.949. The van der Waals surface area contributed by atoms with Gasteiger partial charge in [0.1, 0.15) is 11.3 Å². The first-order chi connectivity index (χ1) is 9.36. The number of fused-ring (bicyclic) bond motifs is 1. The summed E-state index contributed by atoms with van der Waals surface area (Å²) in [6, 6.07) is 8.06. The Balaban J connectivity index is 2.11. The third-order valence-corrected chi connectivity index (χ3v) is 4.52. The zero-order valence-corrected chi connectivity index (χ0v) is 12.8. The normalized spacial score (nSPS) is 20.8. The van der Waals surface area contributed by atoms with Gasteiger partial charge >= 0.3 is 7.12 Å². The quantitative estimate of drug-likeness (QED) is 0.786. The van der Waals surface area contributed by atoms with Gasteiger partial charge in [-0.2, -0.15) is 0 Å². The van der Waals surface area contributed by atoms with E-state index in [2.05, 4.69) is 40.7 Å². The average Bonchev–Trinajstić information content (AvgIpc) is 2.84. The highest BCUT2D eigenvalue weighted by atomic mass is 16.7. The average molecular weight is 272 g/mol. The van der Waals surface area contributed by atoms with E-state index in [0.29, 0.717) is 0 Å². The van der Waals surface area contributed by atoms with E-state index in [1.54, 1.807) is 0 Å². The molecule has 1 saturated heterocycles. The Morgan fingerprint density at radius 1 is 1.00 bits per heavy atom. The second kappa shape index (κ2) is 4.37. The summed E-state index contributed by atoms with van der Waals surface area (Å²) in [6.45, 7) is 10.4. The monoisotopic (exact) mass is 272 g/mol. The van der Waals surface area contributed by atoms with E-state index >= 15 is 0 Å². The maximum Gasteiger partial charge on any atom is 0.499 e. The van der Waals surface area contributed by atoms with Crippen molar-refractivity contribution in [2.24, 2.45) is 0 Å². The molecule has 0 unspecified atom stereocenters. The molecule has 0 N–H and O–H groups in total.